The zero-order valence-electron chi connectivity index (χ0n) is 11.6. The average molecular weight is 346 g/mol. The minimum absolute atomic E-state index is 0.00748. The number of carbonyl (C=O) groups is 1. The molecule has 0 unspecified atom stereocenters. The van der Waals surface area contributed by atoms with Crippen molar-refractivity contribution in [3.8, 4) is 11.3 Å². The molecule has 0 fully saturated rings. The molecule has 1 amide bonds. The van der Waals surface area contributed by atoms with Gasteiger partial charge >= 0.3 is 0 Å². The van der Waals surface area contributed by atoms with Crippen molar-refractivity contribution in [3.05, 3.63) is 40.8 Å². The van der Waals surface area contributed by atoms with Gasteiger partial charge in [0.25, 0.3) is 5.91 Å². The van der Waals surface area contributed by atoms with Crippen LogP contribution in [-0.2, 0) is 9.84 Å². The number of aromatic nitrogens is 2. The summed E-state index contributed by atoms with van der Waals surface area (Å²) in [4.78, 5) is 12.1. The lowest BCUT2D eigenvalue weighted by Gasteiger charge is -2.06. The number of hydrogen-bond acceptors (Lipinski definition) is 4. The molecule has 9 heteroatoms. The molecular weight excluding hydrogens is 333 g/mol. The van der Waals surface area contributed by atoms with Crippen molar-refractivity contribution in [2.45, 2.75) is 0 Å². The van der Waals surface area contributed by atoms with E-state index in [1.807, 2.05) is 0 Å². The van der Waals surface area contributed by atoms with Crippen molar-refractivity contribution < 1.29 is 17.6 Å². The maximum Gasteiger partial charge on any atom is 0.255 e. The van der Waals surface area contributed by atoms with E-state index in [0.717, 1.165) is 6.26 Å². The Morgan fingerprint density at radius 1 is 1.45 bits per heavy atom. The van der Waals surface area contributed by atoms with Crippen molar-refractivity contribution in [1.29, 1.82) is 0 Å². The Hall–Kier alpha value is -1.93. The second-order valence-electron chi connectivity index (χ2n) is 4.67. The van der Waals surface area contributed by atoms with Crippen molar-refractivity contribution >= 4 is 27.3 Å². The number of H-pyrrole nitrogens is 1. The summed E-state index contributed by atoms with van der Waals surface area (Å²) < 4.78 is 35.3. The van der Waals surface area contributed by atoms with Gasteiger partial charge in [0, 0.05) is 18.4 Å². The fourth-order valence-corrected chi connectivity index (χ4v) is 2.43. The Kier molecular flexibility index (Phi) is 4.82. The van der Waals surface area contributed by atoms with E-state index in [2.05, 4.69) is 15.5 Å². The first-order valence-electron chi connectivity index (χ1n) is 6.22. The van der Waals surface area contributed by atoms with Crippen molar-refractivity contribution in [2.75, 3.05) is 18.6 Å². The molecule has 118 valence electrons. The highest BCUT2D eigenvalue weighted by atomic mass is 35.5. The number of nitrogens with one attached hydrogen (secondary N) is 2. The van der Waals surface area contributed by atoms with Gasteiger partial charge in [-0.25, -0.2) is 12.8 Å². The van der Waals surface area contributed by atoms with E-state index in [0.29, 0.717) is 11.3 Å². The van der Waals surface area contributed by atoms with Gasteiger partial charge in [0.05, 0.1) is 28.2 Å². The van der Waals surface area contributed by atoms with E-state index < -0.39 is 21.6 Å². The first kappa shape index (κ1) is 16.4. The number of halogens is 2. The number of aromatic amines is 1. The normalized spacial score (nSPS) is 11.4. The minimum atomic E-state index is -3.16. The fraction of sp³-hybridized carbons (Fsp3) is 0.231. The second kappa shape index (κ2) is 6.45. The van der Waals surface area contributed by atoms with E-state index in [1.165, 1.54) is 24.4 Å². The SMILES string of the molecule is CS(=O)(=O)CCNC(=O)c1cn[nH]c1-c1ccc(F)c(Cl)c1. The van der Waals surface area contributed by atoms with Gasteiger partial charge in [0.15, 0.2) is 0 Å². The summed E-state index contributed by atoms with van der Waals surface area (Å²) in [6.45, 7) is -0.00748. The van der Waals surface area contributed by atoms with Gasteiger partial charge in [-0.15, -0.1) is 0 Å². The van der Waals surface area contributed by atoms with Crippen LogP contribution in [0.15, 0.2) is 24.4 Å². The standard InChI is InChI=1S/C13H13ClFN3O3S/c1-22(20,21)5-4-16-13(19)9-7-17-18-12(9)8-2-3-11(15)10(14)6-8/h2-3,6-7H,4-5H2,1H3,(H,16,19)(H,17,18). The van der Waals surface area contributed by atoms with Crippen molar-refractivity contribution in [1.82, 2.24) is 15.5 Å². The Morgan fingerprint density at radius 3 is 2.82 bits per heavy atom. The number of hydrogen-bond donors (Lipinski definition) is 2. The van der Waals surface area contributed by atoms with E-state index in [-0.39, 0.29) is 22.9 Å². The van der Waals surface area contributed by atoms with E-state index in [9.17, 15) is 17.6 Å². The summed E-state index contributed by atoms with van der Waals surface area (Å²) in [5.74, 6) is -1.20. The number of carbonyl (C=O) groups excluding carboxylic acids is 1. The van der Waals surface area contributed by atoms with Gasteiger partial charge in [-0.05, 0) is 18.2 Å². The summed E-state index contributed by atoms with van der Waals surface area (Å²) in [6.07, 6.45) is 2.39. The molecule has 1 aromatic heterocycles. The number of nitrogens with zero attached hydrogens (tertiary/aromatic N) is 1. The maximum atomic E-state index is 13.2. The monoisotopic (exact) mass is 345 g/mol. The van der Waals surface area contributed by atoms with E-state index in [4.69, 9.17) is 11.6 Å². The highest BCUT2D eigenvalue weighted by Gasteiger charge is 2.16. The van der Waals surface area contributed by atoms with Crippen LogP contribution in [0.5, 0.6) is 0 Å². The molecule has 2 rings (SSSR count). The van der Waals surface area contributed by atoms with Gasteiger partial charge in [-0.2, -0.15) is 5.10 Å². The molecule has 0 radical (unpaired) electrons. The van der Waals surface area contributed by atoms with Gasteiger partial charge in [0.2, 0.25) is 0 Å². The second-order valence-corrected chi connectivity index (χ2v) is 7.34. The Morgan fingerprint density at radius 2 is 2.18 bits per heavy atom. The quantitative estimate of drug-likeness (QED) is 0.861. The van der Waals surface area contributed by atoms with Crippen molar-refractivity contribution in [3.63, 3.8) is 0 Å². The van der Waals surface area contributed by atoms with Gasteiger partial charge in [-0.1, -0.05) is 11.6 Å². The number of rotatable bonds is 5. The fourth-order valence-electron chi connectivity index (χ4n) is 1.78. The Labute approximate surface area is 131 Å². The number of benzene rings is 1. The molecule has 0 atom stereocenters. The lowest BCUT2D eigenvalue weighted by molar-refractivity contribution is 0.0957. The average Bonchev–Trinajstić information content (AvgIpc) is 2.89. The molecule has 0 aliphatic carbocycles. The van der Waals surface area contributed by atoms with Gasteiger partial charge in [-0.3, -0.25) is 9.89 Å². The molecule has 22 heavy (non-hydrogen) atoms. The summed E-state index contributed by atoms with van der Waals surface area (Å²) >= 11 is 5.72. The minimum Gasteiger partial charge on any atom is -0.351 e. The molecule has 0 saturated heterocycles. The van der Waals surface area contributed by atoms with Gasteiger partial charge < -0.3 is 5.32 Å². The van der Waals surface area contributed by atoms with Crippen LogP contribution in [-0.4, -0.2) is 43.1 Å². The predicted molar refractivity (Wildman–Crippen MR) is 81.0 cm³/mol. The molecule has 2 N–H and O–H groups in total. The van der Waals surface area contributed by atoms with Crippen molar-refractivity contribution in [2.24, 2.45) is 0 Å². The zero-order chi connectivity index (χ0) is 16.3. The molecule has 0 aliphatic rings. The molecular formula is C13H13ClFN3O3S. The van der Waals surface area contributed by atoms with Crippen LogP contribution in [0.2, 0.25) is 5.02 Å². The summed E-state index contributed by atoms with van der Waals surface area (Å²) in [6, 6.07) is 4.02. The van der Waals surface area contributed by atoms with E-state index >= 15 is 0 Å². The molecule has 2 aromatic rings. The molecule has 1 aromatic carbocycles. The highest BCUT2D eigenvalue weighted by molar-refractivity contribution is 7.90. The van der Waals surface area contributed by atoms with E-state index in [1.54, 1.807) is 0 Å². The van der Waals surface area contributed by atoms with Crippen LogP contribution >= 0.6 is 11.6 Å². The first-order valence-corrected chi connectivity index (χ1v) is 8.66. The zero-order valence-corrected chi connectivity index (χ0v) is 13.1. The number of sulfone groups is 1. The van der Waals surface area contributed by atoms with Crippen LogP contribution in [0.4, 0.5) is 4.39 Å². The molecule has 0 aliphatic heterocycles. The predicted octanol–water partition coefficient (Wildman–Crippen LogP) is 1.64. The Bertz CT molecular complexity index is 805. The summed E-state index contributed by atoms with van der Waals surface area (Å²) in [7, 11) is -3.16. The highest BCUT2D eigenvalue weighted by Crippen LogP contribution is 2.25. The number of amides is 1. The van der Waals surface area contributed by atoms with Crippen LogP contribution in [0.25, 0.3) is 11.3 Å². The molecule has 0 bridgehead atoms. The molecule has 6 nitrogen and oxygen atoms in total. The van der Waals surface area contributed by atoms with Crippen LogP contribution in [0.3, 0.4) is 0 Å². The largest absolute Gasteiger partial charge is 0.351 e. The Balaban J connectivity index is 2.18. The lowest BCUT2D eigenvalue weighted by Crippen LogP contribution is -2.28. The lowest BCUT2D eigenvalue weighted by atomic mass is 10.1. The summed E-state index contributed by atoms with van der Waals surface area (Å²) in [5, 5.41) is 8.85. The third kappa shape index (κ3) is 4.05. The molecule has 1 heterocycles. The first-order chi connectivity index (χ1) is 10.3. The van der Waals surface area contributed by atoms with Gasteiger partial charge in [0.1, 0.15) is 15.7 Å². The van der Waals surface area contributed by atoms with Crippen LogP contribution in [0, 0.1) is 5.82 Å². The maximum absolute atomic E-state index is 13.2. The third-order valence-corrected chi connectivity index (χ3v) is 4.09. The smallest absolute Gasteiger partial charge is 0.255 e. The third-order valence-electron chi connectivity index (χ3n) is 2.85. The topological polar surface area (TPSA) is 91.9 Å². The van der Waals surface area contributed by atoms with Crippen LogP contribution < -0.4 is 5.32 Å². The molecule has 0 spiro atoms. The van der Waals surface area contributed by atoms with Crippen LogP contribution in [0.1, 0.15) is 10.4 Å². The molecule has 0 saturated carbocycles. The summed E-state index contributed by atoms with van der Waals surface area (Å²) in [5.41, 5.74) is 1.09.